The Labute approximate surface area is 269 Å². The minimum atomic E-state index is -2.74. The van der Waals surface area contributed by atoms with Gasteiger partial charge in [0.15, 0.2) is 11.4 Å². The van der Waals surface area contributed by atoms with E-state index in [4.69, 9.17) is 29.9 Å². The van der Waals surface area contributed by atoms with Crippen LogP contribution in [0, 0.1) is 0 Å². The van der Waals surface area contributed by atoms with Crippen molar-refractivity contribution >= 4 is 45.1 Å². The molecular weight excluding hydrogens is 614 g/mol. The highest BCUT2D eigenvalue weighted by Crippen LogP contribution is 2.40. The van der Waals surface area contributed by atoms with Crippen LogP contribution in [0.15, 0.2) is 72.8 Å². The zero-order valence-electron chi connectivity index (χ0n) is 25.2. The van der Waals surface area contributed by atoms with Crippen molar-refractivity contribution in [3.8, 4) is 21.9 Å². The Morgan fingerprint density at radius 3 is 1.98 bits per heavy atom. The van der Waals surface area contributed by atoms with Gasteiger partial charge in [-0.25, -0.2) is 4.79 Å². The Balaban J connectivity index is 0.000000315. The number of ether oxygens (including phenoxy) is 2. The molecule has 4 aromatic rings. The van der Waals surface area contributed by atoms with Crippen LogP contribution in [-0.4, -0.2) is 88.0 Å². The van der Waals surface area contributed by atoms with Gasteiger partial charge in [-0.15, -0.1) is 11.3 Å². The number of carboxylic acids is 3. The Bertz CT molecular complexity index is 1660. The standard InChI is InChI=1S/C28H27NO3S.C6H8O7/c1-31-22-12-10-21(11-13-22)28-26(24-6-2-3-7-25(24)33-28)27(30)20-8-14-23(15-9-20)32-19-18-29-16-4-5-17-29;7-3(8)1-6(13,5(11)12)2-4(9)10/h2-3,6-15H,4-5,16-19H2,1H3;13H,1-2H2,(H,7,8)(H,9,10)(H,11,12). The summed E-state index contributed by atoms with van der Waals surface area (Å²) in [5.74, 6) is -3.39. The number of hydrogen-bond donors (Lipinski definition) is 4. The zero-order valence-corrected chi connectivity index (χ0v) is 26.0. The molecule has 1 aliphatic rings. The Kier molecular flexibility index (Phi) is 11.5. The summed E-state index contributed by atoms with van der Waals surface area (Å²) in [6, 6.07) is 23.5. The number of fused-ring (bicyclic) bond motifs is 1. The molecular formula is C34H35NO10S. The van der Waals surface area contributed by atoms with Gasteiger partial charge in [-0.3, -0.25) is 19.3 Å². The highest BCUT2D eigenvalue weighted by Gasteiger charge is 2.40. The van der Waals surface area contributed by atoms with E-state index >= 15 is 0 Å². The Hall–Kier alpha value is -4.78. The van der Waals surface area contributed by atoms with Crippen LogP contribution in [0.3, 0.4) is 0 Å². The predicted octanol–water partition coefficient (Wildman–Crippen LogP) is 5.03. The van der Waals surface area contributed by atoms with Crippen LogP contribution in [0.5, 0.6) is 11.5 Å². The van der Waals surface area contributed by atoms with Gasteiger partial charge in [-0.1, -0.05) is 18.2 Å². The van der Waals surface area contributed by atoms with Crippen molar-refractivity contribution in [2.45, 2.75) is 31.3 Å². The molecule has 0 radical (unpaired) electrons. The fraction of sp³-hybridized carbons (Fsp3) is 0.294. The third-order valence-corrected chi connectivity index (χ3v) is 8.67. The summed E-state index contributed by atoms with van der Waals surface area (Å²) in [6.07, 6.45) is 0.280. The van der Waals surface area contributed by atoms with Gasteiger partial charge < -0.3 is 29.9 Å². The number of aliphatic hydroxyl groups is 1. The van der Waals surface area contributed by atoms with Crippen molar-refractivity contribution in [3.05, 3.63) is 83.9 Å². The average Bonchev–Trinajstić information content (AvgIpc) is 3.69. The number of ketones is 1. The number of rotatable bonds is 13. The molecule has 0 spiro atoms. The number of hydrogen-bond acceptors (Lipinski definition) is 9. The second-order valence-electron chi connectivity index (χ2n) is 10.8. The van der Waals surface area contributed by atoms with E-state index in [1.54, 1.807) is 18.4 Å². The van der Waals surface area contributed by atoms with Crippen molar-refractivity contribution in [3.63, 3.8) is 0 Å². The highest BCUT2D eigenvalue weighted by atomic mass is 32.1. The smallest absolute Gasteiger partial charge is 0.336 e. The lowest BCUT2D eigenvalue weighted by molar-refractivity contribution is -0.170. The third-order valence-electron chi connectivity index (χ3n) is 7.45. The van der Waals surface area contributed by atoms with Crippen LogP contribution in [0.1, 0.15) is 41.6 Å². The number of benzene rings is 3. The maximum Gasteiger partial charge on any atom is 0.336 e. The molecule has 0 amide bonds. The monoisotopic (exact) mass is 649 g/mol. The first-order valence-corrected chi connectivity index (χ1v) is 15.4. The molecule has 1 aliphatic heterocycles. The summed E-state index contributed by atoms with van der Waals surface area (Å²) in [7, 11) is 1.66. The SMILES string of the molecule is COc1ccc(-c2sc3ccccc3c2C(=O)c2ccc(OCCN3CCCC3)cc2)cc1.O=C(O)CC(O)(CC(=O)O)C(=O)O. The number of thiophene rings is 1. The molecule has 4 N–H and O–H groups in total. The highest BCUT2D eigenvalue weighted by molar-refractivity contribution is 7.22. The third kappa shape index (κ3) is 8.68. The summed E-state index contributed by atoms with van der Waals surface area (Å²) < 4.78 is 12.3. The lowest BCUT2D eigenvalue weighted by atomic mass is 9.96. The first kappa shape index (κ1) is 34.1. The van der Waals surface area contributed by atoms with E-state index in [0.717, 1.165) is 44.1 Å². The van der Waals surface area contributed by atoms with Crippen LogP contribution in [0.4, 0.5) is 0 Å². The molecule has 12 heteroatoms. The average molecular weight is 650 g/mol. The predicted molar refractivity (Wildman–Crippen MR) is 172 cm³/mol. The van der Waals surface area contributed by atoms with E-state index in [-0.39, 0.29) is 5.78 Å². The lowest BCUT2D eigenvalue weighted by Crippen LogP contribution is -2.42. The maximum atomic E-state index is 13.7. The van der Waals surface area contributed by atoms with E-state index in [2.05, 4.69) is 11.0 Å². The largest absolute Gasteiger partial charge is 0.497 e. The van der Waals surface area contributed by atoms with E-state index in [1.807, 2.05) is 66.7 Å². The summed E-state index contributed by atoms with van der Waals surface area (Å²) in [5.41, 5.74) is -0.302. The second-order valence-corrected chi connectivity index (χ2v) is 11.8. The fourth-order valence-corrected chi connectivity index (χ4v) is 6.28. The summed E-state index contributed by atoms with van der Waals surface area (Å²) in [4.78, 5) is 47.6. The topological polar surface area (TPSA) is 171 Å². The van der Waals surface area contributed by atoms with E-state index in [1.165, 1.54) is 25.9 Å². The molecule has 0 bridgehead atoms. The summed E-state index contributed by atoms with van der Waals surface area (Å²) >= 11 is 1.65. The summed E-state index contributed by atoms with van der Waals surface area (Å²) in [5, 5.41) is 34.8. The van der Waals surface area contributed by atoms with Crippen molar-refractivity contribution in [2.24, 2.45) is 0 Å². The van der Waals surface area contributed by atoms with Gasteiger partial charge in [0.2, 0.25) is 0 Å². The van der Waals surface area contributed by atoms with Gasteiger partial charge in [0.25, 0.3) is 0 Å². The van der Waals surface area contributed by atoms with Gasteiger partial charge in [-0.05, 0) is 86.1 Å². The number of nitrogens with zero attached hydrogens (tertiary/aromatic N) is 1. The minimum Gasteiger partial charge on any atom is -0.497 e. The Morgan fingerprint density at radius 2 is 1.41 bits per heavy atom. The minimum absolute atomic E-state index is 0.0295. The zero-order chi connectivity index (χ0) is 33.3. The molecule has 0 saturated carbocycles. The number of carboxylic acid groups (broad SMARTS) is 3. The number of carbonyl (C=O) groups excluding carboxylic acids is 1. The first-order chi connectivity index (χ1) is 22.0. The molecule has 242 valence electrons. The van der Waals surface area contributed by atoms with Gasteiger partial charge in [0.05, 0.1) is 20.0 Å². The molecule has 1 aromatic heterocycles. The van der Waals surface area contributed by atoms with Gasteiger partial charge in [0, 0.05) is 32.6 Å². The van der Waals surface area contributed by atoms with E-state index in [9.17, 15) is 19.2 Å². The van der Waals surface area contributed by atoms with Crippen LogP contribution in [0.2, 0.25) is 0 Å². The molecule has 1 saturated heterocycles. The molecule has 0 unspecified atom stereocenters. The van der Waals surface area contributed by atoms with Crippen molar-refractivity contribution in [1.82, 2.24) is 4.90 Å². The molecule has 1 fully saturated rings. The number of aliphatic carboxylic acids is 3. The van der Waals surface area contributed by atoms with Gasteiger partial charge >= 0.3 is 17.9 Å². The molecule has 0 aliphatic carbocycles. The normalized spacial score (nSPS) is 13.1. The molecule has 2 heterocycles. The Morgan fingerprint density at radius 1 is 0.826 bits per heavy atom. The molecule has 46 heavy (non-hydrogen) atoms. The van der Waals surface area contributed by atoms with Crippen molar-refractivity contribution in [1.29, 1.82) is 0 Å². The fourth-order valence-electron chi connectivity index (χ4n) is 5.08. The summed E-state index contributed by atoms with van der Waals surface area (Å²) in [6.45, 7) is 3.96. The van der Waals surface area contributed by atoms with Crippen LogP contribution in [0.25, 0.3) is 20.5 Å². The van der Waals surface area contributed by atoms with Gasteiger partial charge in [-0.2, -0.15) is 0 Å². The quantitative estimate of drug-likeness (QED) is 0.143. The van der Waals surface area contributed by atoms with Crippen LogP contribution < -0.4 is 9.47 Å². The number of methoxy groups -OCH3 is 1. The van der Waals surface area contributed by atoms with Gasteiger partial charge in [0.1, 0.15) is 18.1 Å². The maximum absolute atomic E-state index is 13.7. The first-order valence-electron chi connectivity index (χ1n) is 14.6. The van der Waals surface area contributed by atoms with Crippen molar-refractivity contribution < 1.29 is 49.1 Å². The van der Waals surface area contributed by atoms with E-state index in [0.29, 0.717) is 12.2 Å². The van der Waals surface area contributed by atoms with E-state index < -0.39 is 36.4 Å². The molecule has 5 rings (SSSR count). The molecule has 3 aromatic carbocycles. The number of likely N-dealkylation sites (tertiary alicyclic amines) is 1. The second kappa shape index (κ2) is 15.5. The van der Waals surface area contributed by atoms with Crippen LogP contribution >= 0.6 is 11.3 Å². The molecule has 0 atom stereocenters. The number of carbonyl (C=O) groups is 4. The molecule has 11 nitrogen and oxygen atoms in total. The van der Waals surface area contributed by atoms with Crippen LogP contribution in [-0.2, 0) is 14.4 Å². The van der Waals surface area contributed by atoms with Crippen molar-refractivity contribution in [2.75, 3.05) is 33.4 Å². The lowest BCUT2D eigenvalue weighted by Gasteiger charge is -2.18.